The molecule has 0 atom stereocenters. The van der Waals surface area contributed by atoms with Crippen molar-refractivity contribution < 1.29 is 23.9 Å². The molecule has 3 rings (SSSR count). The van der Waals surface area contributed by atoms with Crippen LogP contribution < -0.4 is 4.74 Å². The van der Waals surface area contributed by atoms with Crippen molar-refractivity contribution in [2.45, 2.75) is 39.7 Å². The maximum atomic E-state index is 11.9. The van der Waals surface area contributed by atoms with E-state index in [-0.39, 0.29) is 18.0 Å². The van der Waals surface area contributed by atoms with E-state index in [1.54, 1.807) is 5.06 Å². The molecule has 0 spiro atoms. The van der Waals surface area contributed by atoms with Gasteiger partial charge in [0.1, 0.15) is 18.5 Å². The van der Waals surface area contributed by atoms with Crippen molar-refractivity contribution in [3.63, 3.8) is 0 Å². The fraction of sp³-hybridized carbons (Fsp3) is 0.500. The van der Waals surface area contributed by atoms with Gasteiger partial charge in [0, 0.05) is 37.6 Å². The normalized spacial score (nSPS) is 19.0. The third-order valence-corrected chi connectivity index (χ3v) is 4.42. The van der Waals surface area contributed by atoms with Gasteiger partial charge in [0.15, 0.2) is 0 Å². The lowest BCUT2D eigenvalue weighted by Gasteiger charge is -2.32. The van der Waals surface area contributed by atoms with Crippen molar-refractivity contribution in [2.75, 3.05) is 19.7 Å². The number of piperidine rings is 1. The summed E-state index contributed by atoms with van der Waals surface area (Å²) in [4.78, 5) is 28.5. The highest BCUT2D eigenvalue weighted by Gasteiger charge is 2.29. The largest absolute Gasteiger partial charge is 0.490 e. The summed E-state index contributed by atoms with van der Waals surface area (Å²) >= 11 is 0. The monoisotopic (exact) mass is 359 g/mol. The van der Waals surface area contributed by atoms with Crippen LogP contribution in [-0.4, -0.2) is 42.8 Å². The third kappa shape index (κ3) is 4.64. The number of hydrogen-bond donors (Lipinski definition) is 0. The highest BCUT2D eigenvalue weighted by molar-refractivity contribution is 5.95. The smallest absolute Gasteiger partial charge is 0.331 e. The summed E-state index contributed by atoms with van der Waals surface area (Å²) in [6, 6.07) is 7.68. The van der Waals surface area contributed by atoms with Crippen LogP contribution in [-0.2, 0) is 19.2 Å². The minimum atomic E-state index is -0.500. The fourth-order valence-electron chi connectivity index (χ4n) is 2.78. The Kier molecular flexibility index (Phi) is 5.32. The zero-order valence-electron chi connectivity index (χ0n) is 15.5. The fourth-order valence-corrected chi connectivity index (χ4v) is 2.78. The molecule has 1 aromatic carbocycles. The molecule has 6 nitrogen and oxygen atoms in total. The van der Waals surface area contributed by atoms with E-state index in [2.05, 4.69) is 0 Å². The minimum Gasteiger partial charge on any atom is -0.490 e. The van der Waals surface area contributed by atoms with Crippen molar-refractivity contribution in [3.05, 3.63) is 35.9 Å². The van der Waals surface area contributed by atoms with Gasteiger partial charge >= 0.3 is 11.9 Å². The lowest BCUT2D eigenvalue weighted by Crippen LogP contribution is -2.41. The van der Waals surface area contributed by atoms with Crippen LogP contribution in [0.5, 0.6) is 5.75 Å². The first kappa shape index (κ1) is 18.5. The van der Waals surface area contributed by atoms with Crippen LogP contribution in [0.25, 0.3) is 5.57 Å². The van der Waals surface area contributed by atoms with Gasteiger partial charge in [-0.3, -0.25) is 0 Å². The maximum Gasteiger partial charge on any atom is 0.331 e. The highest BCUT2D eigenvalue weighted by atomic mass is 16.7. The van der Waals surface area contributed by atoms with Gasteiger partial charge in [-0.2, -0.15) is 0 Å². The Bertz CT molecular complexity index is 694. The van der Waals surface area contributed by atoms with Gasteiger partial charge in [0.25, 0.3) is 0 Å². The summed E-state index contributed by atoms with van der Waals surface area (Å²) in [6.07, 6.45) is 3.21. The lowest BCUT2D eigenvalue weighted by atomic mass is 9.98. The van der Waals surface area contributed by atoms with Gasteiger partial charge in [-0.1, -0.05) is 12.1 Å². The molecule has 2 heterocycles. The van der Waals surface area contributed by atoms with Gasteiger partial charge < -0.3 is 14.3 Å². The Morgan fingerprint density at radius 1 is 1.15 bits per heavy atom. The molecule has 2 aliphatic heterocycles. The van der Waals surface area contributed by atoms with Crippen LogP contribution >= 0.6 is 0 Å². The van der Waals surface area contributed by atoms with E-state index in [1.165, 1.54) is 6.08 Å². The number of ether oxygens (including phenoxy) is 2. The van der Waals surface area contributed by atoms with Crippen molar-refractivity contribution >= 4 is 17.5 Å². The molecule has 0 N–H and O–H groups in total. The third-order valence-electron chi connectivity index (χ3n) is 4.42. The van der Waals surface area contributed by atoms with Crippen molar-refractivity contribution in [3.8, 4) is 5.75 Å². The Hall–Kier alpha value is -2.34. The molecule has 0 amide bonds. The van der Waals surface area contributed by atoms with Gasteiger partial charge in [0.05, 0.1) is 5.41 Å². The van der Waals surface area contributed by atoms with E-state index in [9.17, 15) is 9.59 Å². The number of benzene rings is 1. The van der Waals surface area contributed by atoms with E-state index in [1.807, 2.05) is 45.0 Å². The molecule has 0 aliphatic carbocycles. The molecule has 0 bridgehead atoms. The molecule has 0 saturated carbocycles. The predicted octanol–water partition coefficient (Wildman–Crippen LogP) is 2.97. The van der Waals surface area contributed by atoms with E-state index in [0.29, 0.717) is 19.7 Å². The number of hydrogen-bond acceptors (Lipinski definition) is 6. The van der Waals surface area contributed by atoms with Gasteiger partial charge in [0.2, 0.25) is 0 Å². The van der Waals surface area contributed by atoms with Crippen LogP contribution in [0.15, 0.2) is 30.3 Å². The summed E-state index contributed by atoms with van der Waals surface area (Å²) < 4.78 is 11.0. The Balaban J connectivity index is 1.48. The maximum absolute atomic E-state index is 11.9. The number of rotatable bonds is 4. The molecule has 2 aliphatic rings. The van der Waals surface area contributed by atoms with Gasteiger partial charge in [-0.25, -0.2) is 9.59 Å². The molecule has 1 aromatic rings. The summed E-state index contributed by atoms with van der Waals surface area (Å²) in [5.41, 5.74) is 1.35. The summed E-state index contributed by atoms with van der Waals surface area (Å²) in [5, 5.41) is 1.72. The van der Waals surface area contributed by atoms with E-state index < -0.39 is 5.41 Å². The molecule has 6 heteroatoms. The van der Waals surface area contributed by atoms with Crippen LogP contribution in [0.1, 0.15) is 39.2 Å². The number of carbonyl (C=O) groups excluding carboxylic acids is 2. The second kappa shape index (κ2) is 7.50. The molecule has 140 valence electrons. The number of esters is 1. The Morgan fingerprint density at radius 2 is 1.81 bits per heavy atom. The first-order chi connectivity index (χ1) is 12.3. The Labute approximate surface area is 153 Å². The van der Waals surface area contributed by atoms with Crippen LogP contribution in [0, 0.1) is 5.41 Å². The molecule has 26 heavy (non-hydrogen) atoms. The number of cyclic esters (lactones) is 1. The first-order valence-corrected chi connectivity index (χ1v) is 8.93. The van der Waals surface area contributed by atoms with Crippen molar-refractivity contribution in [1.82, 2.24) is 5.06 Å². The van der Waals surface area contributed by atoms with E-state index >= 15 is 0 Å². The second-order valence-corrected chi connectivity index (χ2v) is 7.68. The van der Waals surface area contributed by atoms with Crippen molar-refractivity contribution in [2.24, 2.45) is 5.41 Å². The Morgan fingerprint density at radius 3 is 2.35 bits per heavy atom. The zero-order valence-corrected chi connectivity index (χ0v) is 15.5. The number of carbonyl (C=O) groups is 2. The molecule has 1 fully saturated rings. The highest BCUT2D eigenvalue weighted by Crippen LogP contribution is 2.25. The van der Waals surface area contributed by atoms with E-state index in [4.69, 9.17) is 14.3 Å². The summed E-state index contributed by atoms with van der Waals surface area (Å²) in [6.45, 7) is 7.19. The van der Waals surface area contributed by atoms with E-state index in [0.717, 1.165) is 29.7 Å². The standard InChI is InChI=1S/C20H25NO5/c1-20(2,3)19(23)26-21-10-8-17(9-11-21)25-16-6-4-14(5-7-16)15-12-18(22)24-13-15/h4-7,12,17H,8-11,13H2,1-3H3. The average molecular weight is 359 g/mol. The molecule has 0 aromatic heterocycles. The minimum absolute atomic E-state index is 0.0982. The summed E-state index contributed by atoms with van der Waals surface area (Å²) in [7, 11) is 0. The van der Waals surface area contributed by atoms with Crippen molar-refractivity contribution in [1.29, 1.82) is 0 Å². The predicted molar refractivity (Wildman–Crippen MR) is 96.1 cm³/mol. The molecule has 0 unspecified atom stereocenters. The SMILES string of the molecule is CC(C)(C)C(=O)ON1CCC(Oc2ccc(C3=CC(=O)OC3)cc2)CC1. The average Bonchev–Trinajstić information content (AvgIpc) is 3.03. The number of nitrogens with zero attached hydrogens (tertiary/aromatic N) is 1. The molecule has 1 saturated heterocycles. The lowest BCUT2D eigenvalue weighted by molar-refractivity contribution is -0.207. The topological polar surface area (TPSA) is 65.1 Å². The second-order valence-electron chi connectivity index (χ2n) is 7.68. The van der Waals surface area contributed by atoms with Crippen LogP contribution in [0.3, 0.4) is 0 Å². The van der Waals surface area contributed by atoms with Gasteiger partial charge in [-0.15, -0.1) is 5.06 Å². The quantitative estimate of drug-likeness (QED) is 0.770. The van der Waals surface area contributed by atoms with Crippen LogP contribution in [0.4, 0.5) is 0 Å². The summed E-state index contributed by atoms with van der Waals surface area (Å²) in [5.74, 6) is 0.292. The first-order valence-electron chi connectivity index (χ1n) is 8.93. The molecular formula is C20H25NO5. The van der Waals surface area contributed by atoms with Crippen LogP contribution in [0.2, 0.25) is 0 Å². The van der Waals surface area contributed by atoms with Gasteiger partial charge in [-0.05, 0) is 38.5 Å². The molecular weight excluding hydrogens is 334 g/mol. The molecule has 0 radical (unpaired) electrons. The zero-order chi connectivity index (χ0) is 18.7. The number of hydroxylamine groups is 2.